The van der Waals surface area contributed by atoms with Crippen molar-refractivity contribution in [2.45, 2.75) is 17.6 Å². The van der Waals surface area contributed by atoms with Crippen LogP contribution in [0.25, 0.3) is 0 Å². The summed E-state index contributed by atoms with van der Waals surface area (Å²) in [5.41, 5.74) is 8.12. The third-order valence-electron chi connectivity index (χ3n) is 2.55. The first-order chi connectivity index (χ1) is 8.58. The SMILES string of the molecule is Cc1cccc(CSc2c(N)ccc(F)c2F)c1. The second-order valence-corrected chi connectivity index (χ2v) is 5.04. The molecule has 0 spiro atoms. The lowest BCUT2D eigenvalue weighted by Gasteiger charge is -2.08. The van der Waals surface area contributed by atoms with Gasteiger partial charge >= 0.3 is 0 Å². The van der Waals surface area contributed by atoms with Gasteiger partial charge in [0, 0.05) is 11.4 Å². The predicted molar refractivity (Wildman–Crippen MR) is 71.5 cm³/mol. The van der Waals surface area contributed by atoms with Crippen LogP contribution in [-0.2, 0) is 5.75 Å². The highest BCUT2D eigenvalue weighted by atomic mass is 32.2. The molecule has 0 heterocycles. The number of nitrogen functional groups attached to an aromatic ring is 1. The Labute approximate surface area is 109 Å². The van der Waals surface area contributed by atoms with E-state index in [2.05, 4.69) is 0 Å². The van der Waals surface area contributed by atoms with Gasteiger partial charge in [-0.05, 0) is 24.6 Å². The van der Waals surface area contributed by atoms with Gasteiger partial charge in [0.2, 0.25) is 0 Å². The van der Waals surface area contributed by atoms with Crippen molar-refractivity contribution < 1.29 is 8.78 Å². The molecule has 0 aliphatic heterocycles. The minimum atomic E-state index is -0.868. The van der Waals surface area contributed by atoms with E-state index < -0.39 is 11.6 Å². The Morgan fingerprint density at radius 3 is 2.67 bits per heavy atom. The molecule has 0 aromatic heterocycles. The van der Waals surface area contributed by atoms with Crippen LogP contribution in [0.1, 0.15) is 11.1 Å². The molecule has 0 radical (unpaired) electrons. The molecule has 94 valence electrons. The maximum absolute atomic E-state index is 13.6. The second kappa shape index (κ2) is 5.40. The molecule has 0 unspecified atom stereocenters. The van der Waals surface area contributed by atoms with Crippen LogP contribution in [0.15, 0.2) is 41.3 Å². The molecule has 0 atom stereocenters. The van der Waals surface area contributed by atoms with Crippen LogP contribution < -0.4 is 5.73 Å². The van der Waals surface area contributed by atoms with E-state index in [1.54, 1.807) is 0 Å². The minimum absolute atomic E-state index is 0.177. The molecule has 2 aromatic carbocycles. The number of anilines is 1. The average Bonchev–Trinajstić information content (AvgIpc) is 2.34. The summed E-state index contributed by atoms with van der Waals surface area (Å²) in [7, 11) is 0. The van der Waals surface area contributed by atoms with Crippen LogP contribution in [0, 0.1) is 18.6 Å². The van der Waals surface area contributed by atoms with Crippen LogP contribution in [0.2, 0.25) is 0 Å². The normalized spacial score (nSPS) is 10.6. The van der Waals surface area contributed by atoms with Gasteiger partial charge in [0.25, 0.3) is 0 Å². The smallest absolute Gasteiger partial charge is 0.174 e. The largest absolute Gasteiger partial charge is 0.398 e. The summed E-state index contributed by atoms with van der Waals surface area (Å²) in [6.45, 7) is 1.99. The Morgan fingerprint density at radius 1 is 1.17 bits per heavy atom. The van der Waals surface area contributed by atoms with Crippen molar-refractivity contribution in [1.82, 2.24) is 0 Å². The van der Waals surface area contributed by atoms with Gasteiger partial charge in [0.1, 0.15) is 0 Å². The zero-order valence-corrected chi connectivity index (χ0v) is 10.7. The Morgan fingerprint density at radius 2 is 1.94 bits per heavy atom. The standard InChI is InChI=1S/C14H13F2NS/c1-9-3-2-4-10(7-9)8-18-14-12(17)6-5-11(15)13(14)16/h2-7H,8,17H2,1H3. The van der Waals surface area contributed by atoms with Crippen molar-refractivity contribution in [1.29, 1.82) is 0 Å². The molecule has 2 N–H and O–H groups in total. The summed E-state index contributed by atoms with van der Waals surface area (Å²) in [5, 5.41) is 0. The van der Waals surface area contributed by atoms with Gasteiger partial charge in [-0.15, -0.1) is 11.8 Å². The lowest BCUT2D eigenvalue weighted by atomic mass is 10.2. The maximum Gasteiger partial charge on any atom is 0.174 e. The second-order valence-electron chi connectivity index (χ2n) is 4.06. The Hall–Kier alpha value is -1.55. The van der Waals surface area contributed by atoms with E-state index in [0.29, 0.717) is 5.75 Å². The van der Waals surface area contributed by atoms with Crippen molar-refractivity contribution in [3.8, 4) is 0 Å². The number of hydrogen-bond donors (Lipinski definition) is 1. The van der Waals surface area contributed by atoms with Crippen LogP contribution in [0.4, 0.5) is 14.5 Å². The van der Waals surface area contributed by atoms with Crippen LogP contribution in [0.5, 0.6) is 0 Å². The first-order valence-corrected chi connectivity index (χ1v) is 6.48. The zero-order chi connectivity index (χ0) is 13.1. The van der Waals surface area contributed by atoms with Crippen molar-refractivity contribution in [2.24, 2.45) is 0 Å². The number of rotatable bonds is 3. The van der Waals surface area contributed by atoms with Gasteiger partial charge in [0.05, 0.1) is 4.90 Å². The maximum atomic E-state index is 13.6. The van der Waals surface area contributed by atoms with E-state index in [4.69, 9.17) is 5.73 Å². The van der Waals surface area contributed by atoms with Gasteiger partial charge in [-0.1, -0.05) is 29.8 Å². The minimum Gasteiger partial charge on any atom is -0.398 e. The van der Waals surface area contributed by atoms with Crippen molar-refractivity contribution >= 4 is 17.4 Å². The van der Waals surface area contributed by atoms with Crippen molar-refractivity contribution in [3.63, 3.8) is 0 Å². The average molecular weight is 265 g/mol. The molecule has 0 saturated heterocycles. The molecule has 2 aromatic rings. The molecule has 0 aliphatic carbocycles. The molecular weight excluding hydrogens is 252 g/mol. The number of halogens is 2. The van der Waals surface area contributed by atoms with Gasteiger partial charge < -0.3 is 5.73 Å². The van der Waals surface area contributed by atoms with Crippen molar-refractivity contribution in [2.75, 3.05) is 5.73 Å². The summed E-state index contributed by atoms with van der Waals surface area (Å²) in [6, 6.07) is 10.3. The van der Waals surface area contributed by atoms with E-state index in [-0.39, 0.29) is 10.6 Å². The van der Waals surface area contributed by atoms with E-state index >= 15 is 0 Å². The fraction of sp³-hybridized carbons (Fsp3) is 0.143. The number of hydrogen-bond acceptors (Lipinski definition) is 2. The van der Waals surface area contributed by atoms with Crippen LogP contribution >= 0.6 is 11.8 Å². The van der Waals surface area contributed by atoms with E-state index in [1.807, 2.05) is 31.2 Å². The Balaban J connectivity index is 2.18. The molecule has 2 rings (SSSR count). The Kier molecular flexibility index (Phi) is 3.87. The fourth-order valence-corrected chi connectivity index (χ4v) is 2.60. The number of thioether (sulfide) groups is 1. The number of benzene rings is 2. The first-order valence-electron chi connectivity index (χ1n) is 5.50. The first kappa shape index (κ1) is 12.9. The van der Waals surface area contributed by atoms with E-state index in [9.17, 15) is 8.78 Å². The highest BCUT2D eigenvalue weighted by molar-refractivity contribution is 7.98. The lowest BCUT2D eigenvalue weighted by Crippen LogP contribution is -1.95. The highest BCUT2D eigenvalue weighted by Crippen LogP contribution is 2.32. The number of aryl methyl sites for hydroxylation is 1. The third-order valence-corrected chi connectivity index (χ3v) is 3.73. The van der Waals surface area contributed by atoms with Crippen LogP contribution in [-0.4, -0.2) is 0 Å². The van der Waals surface area contributed by atoms with Crippen molar-refractivity contribution in [3.05, 3.63) is 59.2 Å². The number of nitrogens with two attached hydrogens (primary N) is 1. The zero-order valence-electron chi connectivity index (χ0n) is 9.91. The predicted octanol–water partition coefficient (Wildman–Crippen LogP) is 4.15. The highest BCUT2D eigenvalue weighted by Gasteiger charge is 2.12. The third kappa shape index (κ3) is 2.82. The summed E-state index contributed by atoms with van der Waals surface area (Å²) in [6.07, 6.45) is 0. The van der Waals surface area contributed by atoms with Gasteiger partial charge in [-0.3, -0.25) is 0 Å². The van der Waals surface area contributed by atoms with Gasteiger partial charge in [-0.2, -0.15) is 0 Å². The summed E-state index contributed by atoms with van der Waals surface area (Å²) in [4.78, 5) is 0.177. The van der Waals surface area contributed by atoms with Crippen LogP contribution in [0.3, 0.4) is 0 Å². The summed E-state index contributed by atoms with van der Waals surface area (Å²) in [5.74, 6) is -1.17. The monoisotopic (exact) mass is 265 g/mol. The molecule has 1 nitrogen and oxygen atoms in total. The topological polar surface area (TPSA) is 26.0 Å². The fourth-order valence-electron chi connectivity index (χ4n) is 1.65. The molecular formula is C14H13F2NS. The Bertz CT molecular complexity index is 570. The molecule has 0 aliphatic rings. The molecule has 0 amide bonds. The molecule has 0 fully saturated rings. The molecule has 0 saturated carbocycles. The lowest BCUT2D eigenvalue weighted by molar-refractivity contribution is 0.492. The van der Waals surface area contributed by atoms with Gasteiger partial charge in [-0.25, -0.2) is 8.78 Å². The summed E-state index contributed by atoms with van der Waals surface area (Å²) < 4.78 is 26.7. The van der Waals surface area contributed by atoms with E-state index in [1.165, 1.54) is 17.8 Å². The molecule has 4 heteroatoms. The summed E-state index contributed by atoms with van der Waals surface area (Å²) >= 11 is 1.21. The molecule has 0 bridgehead atoms. The van der Waals surface area contributed by atoms with Gasteiger partial charge in [0.15, 0.2) is 11.6 Å². The molecule has 18 heavy (non-hydrogen) atoms. The van der Waals surface area contributed by atoms with E-state index in [0.717, 1.165) is 17.2 Å². The quantitative estimate of drug-likeness (QED) is 0.666.